The van der Waals surface area contributed by atoms with Crippen molar-refractivity contribution in [1.82, 2.24) is 0 Å². The van der Waals surface area contributed by atoms with Crippen LogP contribution in [0.4, 0.5) is 4.39 Å². The van der Waals surface area contributed by atoms with Gasteiger partial charge in [-0.1, -0.05) is 18.2 Å². The Balaban J connectivity index is 2.97. The van der Waals surface area contributed by atoms with Gasteiger partial charge in [0.1, 0.15) is 12.4 Å². The van der Waals surface area contributed by atoms with E-state index in [-0.39, 0.29) is 5.75 Å². The molecule has 3 heteroatoms. The number of benzene rings is 1. The summed E-state index contributed by atoms with van der Waals surface area (Å²) < 4.78 is 12.2. The summed E-state index contributed by atoms with van der Waals surface area (Å²) >= 11 is 0. The van der Waals surface area contributed by atoms with Crippen molar-refractivity contribution in [2.45, 2.75) is 6.67 Å². The molecule has 3 N–H and O–H groups in total. The van der Waals surface area contributed by atoms with Crippen molar-refractivity contribution in [2.75, 3.05) is 6.54 Å². The molecular formula is C10H12FNO. The van der Waals surface area contributed by atoms with Crippen LogP contribution >= 0.6 is 0 Å². The molecule has 0 fully saturated rings. The van der Waals surface area contributed by atoms with Crippen LogP contribution in [0, 0.1) is 0 Å². The molecule has 0 radical (unpaired) electrons. The van der Waals surface area contributed by atoms with Crippen molar-refractivity contribution in [3.8, 4) is 5.75 Å². The molecule has 70 valence electrons. The summed E-state index contributed by atoms with van der Waals surface area (Å²) in [5.74, 6) is 0.141. The molecule has 0 saturated carbocycles. The summed E-state index contributed by atoms with van der Waals surface area (Å²) in [4.78, 5) is 0. The van der Waals surface area contributed by atoms with E-state index < -0.39 is 6.67 Å². The van der Waals surface area contributed by atoms with Crippen molar-refractivity contribution >= 4 is 6.08 Å². The van der Waals surface area contributed by atoms with Crippen LogP contribution in [0.1, 0.15) is 11.1 Å². The van der Waals surface area contributed by atoms with Crippen LogP contribution in [0.25, 0.3) is 6.08 Å². The molecule has 0 heterocycles. The van der Waals surface area contributed by atoms with Gasteiger partial charge in [0.05, 0.1) is 0 Å². The first-order valence-corrected chi connectivity index (χ1v) is 4.02. The lowest BCUT2D eigenvalue weighted by Gasteiger charge is -2.00. The Morgan fingerprint density at radius 1 is 1.46 bits per heavy atom. The lowest BCUT2D eigenvalue weighted by atomic mass is 10.1. The van der Waals surface area contributed by atoms with Crippen molar-refractivity contribution < 1.29 is 9.50 Å². The molecule has 0 amide bonds. The lowest BCUT2D eigenvalue weighted by molar-refractivity contribution is 0.469. The van der Waals surface area contributed by atoms with Gasteiger partial charge in [0, 0.05) is 12.1 Å². The molecule has 13 heavy (non-hydrogen) atoms. The molecule has 0 saturated heterocycles. The highest BCUT2D eigenvalue weighted by molar-refractivity contribution is 5.57. The second-order valence-electron chi connectivity index (χ2n) is 2.66. The van der Waals surface area contributed by atoms with Gasteiger partial charge in [0.2, 0.25) is 0 Å². The quantitative estimate of drug-likeness (QED) is 0.747. The minimum absolute atomic E-state index is 0.141. The van der Waals surface area contributed by atoms with Crippen molar-refractivity contribution in [3.05, 3.63) is 35.4 Å². The summed E-state index contributed by atoms with van der Waals surface area (Å²) in [7, 11) is 0. The van der Waals surface area contributed by atoms with E-state index in [4.69, 9.17) is 5.73 Å². The van der Waals surface area contributed by atoms with Crippen LogP contribution in [0.5, 0.6) is 5.75 Å². The summed E-state index contributed by atoms with van der Waals surface area (Å²) in [6, 6.07) is 4.63. The minimum Gasteiger partial charge on any atom is -0.507 e. The number of nitrogens with two attached hydrogens (primary N) is 1. The fourth-order valence-electron chi connectivity index (χ4n) is 1.02. The second-order valence-corrected chi connectivity index (χ2v) is 2.66. The third-order valence-electron chi connectivity index (χ3n) is 1.68. The average molecular weight is 181 g/mol. The van der Waals surface area contributed by atoms with E-state index in [0.29, 0.717) is 17.7 Å². The molecular weight excluding hydrogens is 169 g/mol. The van der Waals surface area contributed by atoms with Crippen molar-refractivity contribution in [3.63, 3.8) is 0 Å². The van der Waals surface area contributed by atoms with E-state index in [0.717, 1.165) is 0 Å². The summed E-state index contributed by atoms with van der Waals surface area (Å²) in [6.45, 7) is -0.122. The van der Waals surface area contributed by atoms with E-state index in [2.05, 4.69) is 0 Å². The maximum absolute atomic E-state index is 12.2. The number of halogens is 1. The number of hydrogen-bond donors (Lipinski definition) is 2. The Labute approximate surface area is 76.5 Å². The molecule has 0 bridgehead atoms. The Hall–Kier alpha value is -1.35. The van der Waals surface area contributed by atoms with Crippen LogP contribution in [-0.2, 0) is 6.67 Å². The molecule has 0 unspecified atom stereocenters. The van der Waals surface area contributed by atoms with Gasteiger partial charge >= 0.3 is 0 Å². The van der Waals surface area contributed by atoms with Gasteiger partial charge in [-0.05, 0) is 17.7 Å². The molecule has 1 aromatic carbocycles. The zero-order valence-electron chi connectivity index (χ0n) is 7.20. The van der Waals surface area contributed by atoms with E-state index >= 15 is 0 Å². The molecule has 0 spiro atoms. The number of alkyl halides is 1. The zero-order chi connectivity index (χ0) is 9.68. The Morgan fingerprint density at radius 2 is 2.23 bits per heavy atom. The molecule has 0 aromatic heterocycles. The fourth-order valence-corrected chi connectivity index (χ4v) is 1.02. The van der Waals surface area contributed by atoms with Crippen LogP contribution in [0.2, 0.25) is 0 Å². The Morgan fingerprint density at radius 3 is 2.85 bits per heavy atom. The van der Waals surface area contributed by atoms with Gasteiger partial charge < -0.3 is 10.8 Å². The smallest absolute Gasteiger partial charge is 0.122 e. The van der Waals surface area contributed by atoms with E-state index in [1.54, 1.807) is 24.3 Å². The van der Waals surface area contributed by atoms with E-state index in [1.165, 1.54) is 6.07 Å². The summed E-state index contributed by atoms with van der Waals surface area (Å²) in [5, 5.41) is 9.34. The molecule has 0 atom stereocenters. The molecule has 0 aliphatic rings. The summed E-state index contributed by atoms with van der Waals surface area (Å²) in [5.41, 5.74) is 6.40. The first kappa shape index (κ1) is 9.74. The number of phenols is 1. The number of aromatic hydroxyl groups is 1. The van der Waals surface area contributed by atoms with Gasteiger partial charge in [-0.2, -0.15) is 0 Å². The maximum Gasteiger partial charge on any atom is 0.122 e. The first-order chi connectivity index (χ1) is 6.27. The average Bonchev–Trinajstić information content (AvgIpc) is 2.17. The van der Waals surface area contributed by atoms with Crippen LogP contribution in [0.15, 0.2) is 24.3 Å². The fraction of sp³-hybridized carbons (Fsp3) is 0.200. The normalized spacial score (nSPS) is 10.9. The molecule has 0 aliphatic heterocycles. The SMILES string of the molecule is NC/C=C/c1cc(CF)ccc1O. The maximum atomic E-state index is 12.2. The Bertz CT molecular complexity index is 310. The van der Waals surface area contributed by atoms with Gasteiger partial charge in [-0.15, -0.1) is 0 Å². The number of phenolic OH excluding ortho intramolecular Hbond substituents is 1. The van der Waals surface area contributed by atoms with Gasteiger partial charge in [0.15, 0.2) is 0 Å². The summed E-state index contributed by atoms with van der Waals surface area (Å²) in [6.07, 6.45) is 3.38. The minimum atomic E-state index is -0.524. The Kier molecular flexibility index (Phi) is 3.46. The van der Waals surface area contributed by atoms with E-state index in [9.17, 15) is 9.50 Å². The second kappa shape index (κ2) is 4.62. The molecule has 1 aromatic rings. The zero-order valence-corrected chi connectivity index (χ0v) is 7.20. The number of hydrogen-bond acceptors (Lipinski definition) is 2. The molecule has 2 nitrogen and oxygen atoms in total. The van der Waals surface area contributed by atoms with Gasteiger partial charge in [-0.3, -0.25) is 0 Å². The van der Waals surface area contributed by atoms with Crippen LogP contribution < -0.4 is 5.73 Å². The monoisotopic (exact) mass is 181 g/mol. The number of rotatable bonds is 3. The van der Waals surface area contributed by atoms with Gasteiger partial charge in [0.25, 0.3) is 0 Å². The molecule has 0 aliphatic carbocycles. The van der Waals surface area contributed by atoms with Crippen LogP contribution in [-0.4, -0.2) is 11.7 Å². The molecule has 1 rings (SSSR count). The third-order valence-corrected chi connectivity index (χ3v) is 1.68. The first-order valence-electron chi connectivity index (χ1n) is 4.02. The largest absolute Gasteiger partial charge is 0.507 e. The van der Waals surface area contributed by atoms with E-state index in [1.807, 2.05) is 0 Å². The highest BCUT2D eigenvalue weighted by Crippen LogP contribution is 2.20. The highest BCUT2D eigenvalue weighted by Gasteiger charge is 1.98. The van der Waals surface area contributed by atoms with Crippen LogP contribution in [0.3, 0.4) is 0 Å². The topological polar surface area (TPSA) is 46.2 Å². The standard InChI is InChI=1S/C10H12FNO/c11-7-8-3-4-10(13)9(6-8)2-1-5-12/h1-4,6,13H,5,7,12H2/b2-1+. The third kappa shape index (κ3) is 2.56. The van der Waals surface area contributed by atoms with Crippen molar-refractivity contribution in [2.24, 2.45) is 5.73 Å². The lowest BCUT2D eigenvalue weighted by Crippen LogP contribution is -1.92. The predicted octanol–water partition coefficient (Wildman–Crippen LogP) is 1.83. The predicted molar refractivity (Wildman–Crippen MR) is 51.0 cm³/mol. The van der Waals surface area contributed by atoms with Crippen molar-refractivity contribution in [1.29, 1.82) is 0 Å². The van der Waals surface area contributed by atoms with Gasteiger partial charge in [-0.25, -0.2) is 4.39 Å². The highest BCUT2D eigenvalue weighted by atomic mass is 19.1.